The number of rotatable bonds is 3. The van der Waals surface area contributed by atoms with E-state index in [9.17, 15) is 14.4 Å². The van der Waals surface area contributed by atoms with Gasteiger partial charge in [0.05, 0.1) is 33.6 Å². The summed E-state index contributed by atoms with van der Waals surface area (Å²) < 4.78 is 0. The van der Waals surface area contributed by atoms with E-state index in [1.807, 2.05) is 54.6 Å². The molecule has 0 radical (unpaired) electrons. The molecule has 6 nitrogen and oxygen atoms in total. The molecule has 0 aliphatic carbocycles. The number of hydrogen-bond donors (Lipinski definition) is 2. The number of fused-ring (bicyclic) bond motifs is 2. The van der Waals surface area contributed by atoms with Crippen molar-refractivity contribution in [1.82, 2.24) is 10.3 Å². The number of amides is 3. The predicted octanol–water partition coefficient (Wildman–Crippen LogP) is 4.04. The van der Waals surface area contributed by atoms with E-state index in [0.717, 1.165) is 5.56 Å². The second-order valence-corrected chi connectivity index (χ2v) is 6.90. The Morgan fingerprint density at radius 3 is 2.43 bits per heavy atom. The average molecular weight is 393 g/mol. The third-order valence-electron chi connectivity index (χ3n) is 5.04. The van der Waals surface area contributed by atoms with Gasteiger partial charge >= 0.3 is 0 Å². The summed E-state index contributed by atoms with van der Waals surface area (Å²) in [5.41, 5.74) is 3.41. The van der Waals surface area contributed by atoms with Gasteiger partial charge in [0, 0.05) is 10.9 Å². The number of benzene rings is 3. The fraction of sp³-hybridized carbons (Fsp3) is 0. The average Bonchev–Trinajstić information content (AvgIpc) is 3.08. The van der Waals surface area contributed by atoms with Crippen LogP contribution in [0.3, 0.4) is 0 Å². The van der Waals surface area contributed by atoms with Crippen molar-refractivity contribution >= 4 is 34.3 Å². The van der Waals surface area contributed by atoms with Gasteiger partial charge in [0.25, 0.3) is 17.7 Å². The molecule has 0 atom stereocenters. The summed E-state index contributed by atoms with van der Waals surface area (Å²) in [6.45, 7) is 0. The molecular formula is C24H15N3O3. The molecule has 0 fully saturated rings. The lowest BCUT2D eigenvalue weighted by molar-refractivity contribution is 0.0879. The van der Waals surface area contributed by atoms with E-state index in [1.54, 1.807) is 24.3 Å². The maximum absolute atomic E-state index is 13.2. The number of pyridine rings is 1. The van der Waals surface area contributed by atoms with Crippen LogP contribution in [0.2, 0.25) is 0 Å². The highest BCUT2D eigenvalue weighted by molar-refractivity contribution is 6.25. The number of para-hydroxylation sites is 1. The minimum absolute atomic E-state index is 0.178. The Balaban J connectivity index is 1.61. The summed E-state index contributed by atoms with van der Waals surface area (Å²) in [7, 11) is 0. The quantitative estimate of drug-likeness (QED) is 0.514. The SMILES string of the molecule is O=C1NC(=O)c2c(NC(=O)c3cc(-c4ccccc4)nc4ccccc34)cccc21. The maximum atomic E-state index is 13.2. The Bertz CT molecular complexity index is 1350. The first-order valence-electron chi connectivity index (χ1n) is 9.37. The van der Waals surface area contributed by atoms with Crippen LogP contribution in [-0.2, 0) is 0 Å². The first-order valence-corrected chi connectivity index (χ1v) is 9.37. The zero-order valence-corrected chi connectivity index (χ0v) is 15.7. The normalized spacial score (nSPS) is 12.5. The van der Waals surface area contributed by atoms with Gasteiger partial charge < -0.3 is 5.32 Å². The van der Waals surface area contributed by atoms with E-state index in [2.05, 4.69) is 15.6 Å². The molecule has 0 unspecified atom stereocenters. The number of imide groups is 1. The van der Waals surface area contributed by atoms with E-state index in [0.29, 0.717) is 27.8 Å². The fourth-order valence-corrected chi connectivity index (χ4v) is 3.63. The van der Waals surface area contributed by atoms with Gasteiger partial charge in [-0.25, -0.2) is 4.98 Å². The minimum atomic E-state index is -0.518. The lowest BCUT2D eigenvalue weighted by Gasteiger charge is -2.12. The van der Waals surface area contributed by atoms with Crippen LogP contribution in [0.15, 0.2) is 78.9 Å². The van der Waals surface area contributed by atoms with Gasteiger partial charge in [0.1, 0.15) is 0 Å². The van der Waals surface area contributed by atoms with Crippen LogP contribution in [0, 0.1) is 0 Å². The molecule has 30 heavy (non-hydrogen) atoms. The van der Waals surface area contributed by atoms with Gasteiger partial charge in [-0.05, 0) is 24.3 Å². The van der Waals surface area contributed by atoms with Gasteiger partial charge in [-0.1, -0.05) is 54.6 Å². The van der Waals surface area contributed by atoms with Crippen LogP contribution in [0.25, 0.3) is 22.2 Å². The molecule has 1 aromatic heterocycles. The van der Waals surface area contributed by atoms with E-state index in [1.165, 1.54) is 0 Å². The van der Waals surface area contributed by atoms with Gasteiger partial charge in [0.2, 0.25) is 0 Å². The highest BCUT2D eigenvalue weighted by Gasteiger charge is 2.30. The molecule has 1 aliphatic rings. The molecule has 5 rings (SSSR count). The maximum Gasteiger partial charge on any atom is 0.261 e. The van der Waals surface area contributed by atoms with Gasteiger partial charge in [0.15, 0.2) is 0 Å². The minimum Gasteiger partial charge on any atom is -0.321 e. The second kappa shape index (κ2) is 6.93. The molecule has 3 amide bonds. The Morgan fingerprint density at radius 1 is 0.833 bits per heavy atom. The lowest BCUT2D eigenvalue weighted by Crippen LogP contribution is -2.21. The number of nitrogens with one attached hydrogen (secondary N) is 2. The van der Waals surface area contributed by atoms with E-state index in [4.69, 9.17) is 0 Å². The lowest BCUT2D eigenvalue weighted by atomic mass is 10.0. The fourth-order valence-electron chi connectivity index (χ4n) is 3.63. The third kappa shape index (κ3) is 2.91. The summed E-state index contributed by atoms with van der Waals surface area (Å²) in [6.07, 6.45) is 0. The Hall–Kier alpha value is -4.32. The van der Waals surface area contributed by atoms with E-state index >= 15 is 0 Å². The van der Waals surface area contributed by atoms with Crippen molar-refractivity contribution in [3.63, 3.8) is 0 Å². The van der Waals surface area contributed by atoms with Gasteiger partial charge in [-0.2, -0.15) is 0 Å². The summed E-state index contributed by atoms with van der Waals surface area (Å²) >= 11 is 0. The summed E-state index contributed by atoms with van der Waals surface area (Å²) in [6, 6.07) is 23.5. The van der Waals surface area contributed by atoms with Crippen LogP contribution in [0.5, 0.6) is 0 Å². The molecule has 0 bridgehead atoms. The topological polar surface area (TPSA) is 88.2 Å². The molecule has 2 N–H and O–H groups in total. The largest absolute Gasteiger partial charge is 0.321 e. The molecule has 4 aromatic rings. The number of anilines is 1. The molecule has 1 aliphatic heterocycles. The number of carbonyl (C=O) groups is 3. The standard InChI is InChI=1S/C24H15N3O3/c28-22-16-10-6-12-19(21(16)24(30)27-22)26-23(29)17-13-20(14-7-2-1-3-8-14)25-18-11-5-4-9-15(17)18/h1-13H,(H,26,29)(H,27,28,30). The van der Waals surface area contributed by atoms with Crippen molar-refractivity contribution in [2.75, 3.05) is 5.32 Å². The van der Waals surface area contributed by atoms with Crippen molar-refractivity contribution in [2.45, 2.75) is 0 Å². The first kappa shape index (κ1) is 17.8. The first-order chi connectivity index (χ1) is 14.6. The van der Waals surface area contributed by atoms with Crippen molar-refractivity contribution < 1.29 is 14.4 Å². The van der Waals surface area contributed by atoms with Crippen LogP contribution < -0.4 is 10.6 Å². The van der Waals surface area contributed by atoms with Crippen LogP contribution in [0.1, 0.15) is 31.1 Å². The Kier molecular flexibility index (Phi) is 4.10. The smallest absolute Gasteiger partial charge is 0.261 e. The zero-order chi connectivity index (χ0) is 20.7. The van der Waals surface area contributed by atoms with Gasteiger partial charge in [-0.15, -0.1) is 0 Å². The third-order valence-corrected chi connectivity index (χ3v) is 5.04. The van der Waals surface area contributed by atoms with Crippen LogP contribution in [-0.4, -0.2) is 22.7 Å². The Labute approximate surface area is 171 Å². The summed E-state index contributed by atoms with van der Waals surface area (Å²) in [5, 5.41) is 5.75. The molecule has 6 heteroatoms. The van der Waals surface area contributed by atoms with Crippen molar-refractivity contribution in [1.29, 1.82) is 0 Å². The van der Waals surface area contributed by atoms with E-state index in [-0.39, 0.29) is 17.0 Å². The molecule has 0 spiro atoms. The predicted molar refractivity (Wildman–Crippen MR) is 113 cm³/mol. The zero-order valence-electron chi connectivity index (χ0n) is 15.7. The van der Waals surface area contributed by atoms with Crippen LogP contribution in [0.4, 0.5) is 5.69 Å². The highest BCUT2D eigenvalue weighted by atomic mass is 16.2. The molecule has 0 saturated carbocycles. The summed E-state index contributed by atoms with van der Waals surface area (Å²) in [4.78, 5) is 42.0. The van der Waals surface area contributed by atoms with E-state index < -0.39 is 11.8 Å². The second-order valence-electron chi connectivity index (χ2n) is 6.90. The van der Waals surface area contributed by atoms with Crippen molar-refractivity contribution in [2.24, 2.45) is 0 Å². The number of carbonyl (C=O) groups excluding carboxylic acids is 3. The van der Waals surface area contributed by atoms with Crippen LogP contribution >= 0.6 is 0 Å². The Morgan fingerprint density at radius 2 is 1.60 bits per heavy atom. The molecule has 0 saturated heterocycles. The molecule has 3 aromatic carbocycles. The van der Waals surface area contributed by atoms with Gasteiger partial charge in [-0.3, -0.25) is 19.7 Å². The van der Waals surface area contributed by atoms with Crippen molar-refractivity contribution in [3.8, 4) is 11.3 Å². The number of aromatic nitrogens is 1. The monoisotopic (exact) mass is 393 g/mol. The molecule has 2 heterocycles. The highest BCUT2D eigenvalue weighted by Crippen LogP contribution is 2.28. The molecular weight excluding hydrogens is 378 g/mol. The summed E-state index contributed by atoms with van der Waals surface area (Å²) in [5.74, 6) is -1.37. The molecule has 144 valence electrons. The number of nitrogens with zero attached hydrogens (tertiary/aromatic N) is 1. The number of hydrogen-bond acceptors (Lipinski definition) is 4. The van der Waals surface area contributed by atoms with Crippen molar-refractivity contribution in [3.05, 3.63) is 95.6 Å².